The number of hydrogen-bond donors (Lipinski definition) is 1. The Morgan fingerprint density at radius 3 is 2.35 bits per heavy atom. The van der Waals surface area contributed by atoms with Crippen molar-refractivity contribution < 1.29 is 0 Å². The molecule has 2 rings (SSSR count). The molecule has 0 radical (unpaired) electrons. The van der Waals surface area contributed by atoms with Gasteiger partial charge in [-0.05, 0) is 48.4 Å². The molecule has 112 valence electrons. The molecule has 20 heavy (non-hydrogen) atoms. The zero-order valence-electron chi connectivity index (χ0n) is 12.9. The van der Waals surface area contributed by atoms with Crippen LogP contribution in [0.3, 0.4) is 0 Å². The number of rotatable bonds is 4. The molecule has 0 unspecified atom stereocenters. The number of halogens is 2. The smallest absolute Gasteiger partial charge is 0.0595 e. The molecule has 1 saturated carbocycles. The van der Waals surface area contributed by atoms with Crippen LogP contribution >= 0.6 is 23.2 Å². The third kappa shape index (κ3) is 3.16. The van der Waals surface area contributed by atoms with Crippen LogP contribution in [0.4, 0.5) is 0 Å². The molecular formula is C17H25Cl2N. The van der Waals surface area contributed by atoms with Gasteiger partial charge in [0.1, 0.15) is 0 Å². The molecule has 0 aromatic heterocycles. The summed E-state index contributed by atoms with van der Waals surface area (Å²) in [4.78, 5) is 0. The lowest BCUT2D eigenvalue weighted by molar-refractivity contribution is 0.0452. The van der Waals surface area contributed by atoms with Gasteiger partial charge in [-0.2, -0.15) is 0 Å². The van der Waals surface area contributed by atoms with E-state index >= 15 is 0 Å². The molecule has 0 bridgehead atoms. The van der Waals surface area contributed by atoms with E-state index < -0.39 is 0 Å². The van der Waals surface area contributed by atoms with Crippen molar-refractivity contribution >= 4 is 23.2 Å². The van der Waals surface area contributed by atoms with Crippen LogP contribution in [0.25, 0.3) is 0 Å². The SMILES string of the molecule is CCNCC1(c2ccc(Cl)c(Cl)c2)CC(C(C)(C)C)C1. The van der Waals surface area contributed by atoms with E-state index in [9.17, 15) is 0 Å². The van der Waals surface area contributed by atoms with Gasteiger partial charge in [0.05, 0.1) is 10.0 Å². The van der Waals surface area contributed by atoms with Gasteiger partial charge in [0, 0.05) is 12.0 Å². The van der Waals surface area contributed by atoms with E-state index in [0.717, 1.165) is 19.0 Å². The zero-order valence-corrected chi connectivity index (χ0v) is 14.4. The first-order chi connectivity index (χ1) is 9.28. The topological polar surface area (TPSA) is 12.0 Å². The van der Waals surface area contributed by atoms with Crippen LogP contribution in [0, 0.1) is 11.3 Å². The average molecular weight is 314 g/mol. The molecule has 1 aromatic carbocycles. The van der Waals surface area contributed by atoms with Crippen molar-refractivity contribution in [3.8, 4) is 0 Å². The lowest BCUT2D eigenvalue weighted by atomic mass is 9.52. The van der Waals surface area contributed by atoms with Gasteiger partial charge < -0.3 is 5.32 Å². The summed E-state index contributed by atoms with van der Waals surface area (Å²) in [6, 6.07) is 6.13. The van der Waals surface area contributed by atoms with Crippen molar-refractivity contribution in [2.45, 2.75) is 46.0 Å². The maximum Gasteiger partial charge on any atom is 0.0595 e. The second-order valence-electron chi connectivity index (χ2n) is 7.16. The van der Waals surface area contributed by atoms with E-state index in [4.69, 9.17) is 23.2 Å². The van der Waals surface area contributed by atoms with E-state index in [2.05, 4.69) is 45.1 Å². The van der Waals surface area contributed by atoms with Crippen LogP contribution < -0.4 is 5.32 Å². The first-order valence-corrected chi connectivity index (χ1v) is 8.20. The highest BCUT2D eigenvalue weighted by Crippen LogP contribution is 2.54. The van der Waals surface area contributed by atoms with E-state index in [-0.39, 0.29) is 5.41 Å². The van der Waals surface area contributed by atoms with Crippen LogP contribution in [0.2, 0.25) is 10.0 Å². The Kier molecular flexibility index (Phi) is 4.73. The number of benzene rings is 1. The Morgan fingerprint density at radius 1 is 1.20 bits per heavy atom. The summed E-state index contributed by atoms with van der Waals surface area (Å²) in [5.41, 5.74) is 1.93. The molecule has 0 spiro atoms. The lowest BCUT2D eigenvalue weighted by Gasteiger charge is -2.53. The van der Waals surface area contributed by atoms with Crippen LogP contribution in [-0.2, 0) is 5.41 Å². The monoisotopic (exact) mass is 313 g/mol. The minimum absolute atomic E-state index is 0.224. The third-order valence-corrected chi connectivity index (χ3v) is 5.48. The molecule has 1 N–H and O–H groups in total. The first-order valence-electron chi connectivity index (χ1n) is 7.45. The summed E-state index contributed by atoms with van der Waals surface area (Å²) in [6.45, 7) is 11.2. The van der Waals surface area contributed by atoms with E-state index in [1.807, 2.05) is 6.07 Å². The van der Waals surface area contributed by atoms with Gasteiger partial charge in [0.25, 0.3) is 0 Å². The summed E-state index contributed by atoms with van der Waals surface area (Å²) in [7, 11) is 0. The van der Waals surface area contributed by atoms with Gasteiger partial charge in [-0.25, -0.2) is 0 Å². The average Bonchev–Trinajstić information content (AvgIpc) is 2.30. The maximum atomic E-state index is 6.21. The van der Waals surface area contributed by atoms with Crippen molar-refractivity contribution in [3.63, 3.8) is 0 Å². The fourth-order valence-corrected chi connectivity index (χ4v) is 3.47. The van der Waals surface area contributed by atoms with Crippen LogP contribution in [-0.4, -0.2) is 13.1 Å². The molecule has 0 heterocycles. The van der Waals surface area contributed by atoms with Gasteiger partial charge in [0.15, 0.2) is 0 Å². The van der Waals surface area contributed by atoms with Gasteiger partial charge in [-0.1, -0.05) is 57.0 Å². The van der Waals surface area contributed by atoms with Crippen LogP contribution in [0.5, 0.6) is 0 Å². The van der Waals surface area contributed by atoms with Gasteiger partial charge in [-0.15, -0.1) is 0 Å². The Morgan fingerprint density at radius 2 is 1.85 bits per heavy atom. The minimum atomic E-state index is 0.224. The molecule has 0 atom stereocenters. The van der Waals surface area contributed by atoms with Crippen molar-refractivity contribution in [1.29, 1.82) is 0 Å². The highest BCUT2D eigenvalue weighted by atomic mass is 35.5. The summed E-state index contributed by atoms with van der Waals surface area (Å²) in [5, 5.41) is 4.83. The number of hydrogen-bond acceptors (Lipinski definition) is 1. The summed E-state index contributed by atoms with van der Waals surface area (Å²) in [5.74, 6) is 0.774. The van der Waals surface area contributed by atoms with E-state index in [0.29, 0.717) is 15.5 Å². The highest BCUT2D eigenvalue weighted by molar-refractivity contribution is 6.42. The highest BCUT2D eigenvalue weighted by Gasteiger charge is 2.49. The van der Waals surface area contributed by atoms with E-state index in [1.165, 1.54) is 18.4 Å². The molecule has 3 heteroatoms. The fourth-order valence-electron chi connectivity index (χ4n) is 3.17. The van der Waals surface area contributed by atoms with Crippen molar-refractivity contribution in [1.82, 2.24) is 5.32 Å². The third-order valence-electron chi connectivity index (χ3n) is 4.74. The van der Waals surface area contributed by atoms with Crippen molar-refractivity contribution in [2.24, 2.45) is 11.3 Å². The second-order valence-corrected chi connectivity index (χ2v) is 7.98. The van der Waals surface area contributed by atoms with E-state index in [1.54, 1.807) is 0 Å². The number of likely N-dealkylation sites (N-methyl/N-ethyl adjacent to an activating group) is 1. The molecule has 0 saturated heterocycles. The molecule has 1 fully saturated rings. The van der Waals surface area contributed by atoms with Crippen molar-refractivity contribution in [3.05, 3.63) is 33.8 Å². The lowest BCUT2D eigenvalue weighted by Crippen LogP contribution is -2.52. The standard InChI is InChI=1S/C17H25Cl2N/c1-5-20-11-17(9-13(10-17)16(2,3)4)12-6-7-14(18)15(19)8-12/h6-8,13,20H,5,9-11H2,1-4H3. The second kappa shape index (κ2) is 5.87. The van der Waals surface area contributed by atoms with Gasteiger partial charge in [0.2, 0.25) is 0 Å². The Labute approximate surface area is 133 Å². The fraction of sp³-hybridized carbons (Fsp3) is 0.647. The molecule has 1 aliphatic rings. The molecule has 1 aliphatic carbocycles. The van der Waals surface area contributed by atoms with Crippen LogP contribution in [0.15, 0.2) is 18.2 Å². The van der Waals surface area contributed by atoms with Gasteiger partial charge in [-0.3, -0.25) is 0 Å². The molecule has 0 aliphatic heterocycles. The zero-order chi connectivity index (χ0) is 15.0. The molecule has 1 aromatic rings. The summed E-state index contributed by atoms with van der Waals surface area (Å²) in [6.07, 6.45) is 2.45. The summed E-state index contributed by atoms with van der Waals surface area (Å²) >= 11 is 12.3. The van der Waals surface area contributed by atoms with Gasteiger partial charge >= 0.3 is 0 Å². The minimum Gasteiger partial charge on any atom is -0.316 e. The Bertz CT molecular complexity index is 470. The summed E-state index contributed by atoms with van der Waals surface area (Å²) < 4.78 is 0. The largest absolute Gasteiger partial charge is 0.316 e. The quantitative estimate of drug-likeness (QED) is 0.795. The first kappa shape index (κ1) is 16.1. The van der Waals surface area contributed by atoms with Crippen molar-refractivity contribution in [2.75, 3.05) is 13.1 Å². The van der Waals surface area contributed by atoms with Crippen LogP contribution in [0.1, 0.15) is 46.1 Å². The predicted octanol–water partition coefficient (Wildman–Crippen LogP) is 5.30. The molecule has 0 amide bonds. The maximum absolute atomic E-state index is 6.21. The normalized spacial score (nSPS) is 26.4. The molecule has 1 nitrogen and oxygen atoms in total. The molecular weight excluding hydrogens is 289 g/mol. The number of nitrogens with one attached hydrogen (secondary N) is 1. The Hall–Kier alpha value is -0.240. The Balaban J connectivity index is 2.23. The predicted molar refractivity (Wildman–Crippen MR) is 88.9 cm³/mol.